The summed E-state index contributed by atoms with van der Waals surface area (Å²) in [5.41, 5.74) is 2.23. The molecule has 0 saturated heterocycles. The highest BCUT2D eigenvalue weighted by molar-refractivity contribution is 9.10. The lowest BCUT2D eigenvalue weighted by Crippen LogP contribution is -1.94. The van der Waals surface area contributed by atoms with E-state index in [1.807, 2.05) is 24.4 Å². The van der Waals surface area contributed by atoms with Crippen molar-refractivity contribution in [3.8, 4) is 0 Å². The third kappa shape index (κ3) is 1.37. The van der Waals surface area contributed by atoms with Crippen molar-refractivity contribution < 1.29 is 0 Å². The number of fused-ring (bicyclic) bond motifs is 1. The van der Waals surface area contributed by atoms with Crippen LogP contribution in [0.2, 0.25) is 0 Å². The highest BCUT2D eigenvalue weighted by Crippen LogP contribution is 2.24. The maximum atomic E-state index is 4.41. The van der Waals surface area contributed by atoms with Gasteiger partial charge in [-0.05, 0) is 34.0 Å². The van der Waals surface area contributed by atoms with E-state index in [0.717, 1.165) is 10.3 Å². The summed E-state index contributed by atoms with van der Waals surface area (Å²) < 4.78 is 3.07. The summed E-state index contributed by atoms with van der Waals surface area (Å²) in [7, 11) is 0. The molecule has 2 rings (SSSR count). The highest BCUT2D eigenvalue weighted by Gasteiger charge is 2.11. The Morgan fingerprint density at radius 1 is 1.38 bits per heavy atom. The summed E-state index contributed by atoms with van der Waals surface area (Å²) in [6.45, 7) is 4.34. The summed E-state index contributed by atoms with van der Waals surface area (Å²) >= 11 is 3.48. The van der Waals surface area contributed by atoms with E-state index in [0.29, 0.717) is 5.92 Å². The summed E-state index contributed by atoms with van der Waals surface area (Å²) in [6, 6.07) is 6.03. The molecular weight excluding hydrogens is 228 g/mol. The zero-order valence-electron chi connectivity index (χ0n) is 7.66. The minimum atomic E-state index is 0.478. The van der Waals surface area contributed by atoms with Gasteiger partial charge >= 0.3 is 0 Å². The van der Waals surface area contributed by atoms with Crippen LogP contribution in [-0.4, -0.2) is 9.38 Å². The minimum Gasteiger partial charge on any atom is -0.303 e. The lowest BCUT2D eigenvalue weighted by Gasteiger charge is -2.04. The first-order valence-corrected chi connectivity index (χ1v) is 5.12. The Kier molecular flexibility index (Phi) is 2.12. The SMILES string of the molecule is CC(C)c1c(Br)nc2ccccn12. The second-order valence-electron chi connectivity index (χ2n) is 3.37. The molecule has 0 amide bonds. The van der Waals surface area contributed by atoms with Crippen LogP contribution in [0.5, 0.6) is 0 Å². The predicted octanol–water partition coefficient (Wildman–Crippen LogP) is 3.22. The first-order chi connectivity index (χ1) is 6.20. The first kappa shape index (κ1) is 8.75. The maximum absolute atomic E-state index is 4.41. The highest BCUT2D eigenvalue weighted by atomic mass is 79.9. The van der Waals surface area contributed by atoms with Gasteiger partial charge in [-0.2, -0.15) is 0 Å². The molecule has 68 valence electrons. The molecule has 13 heavy (non-hydrogen) atoms. The molecule has 0 aliphatic carbocycles. The summed E-state index contributed by atoms with van der Waals surface area (Å²) in [5, 5.41) is 0. The van der Waals surface area contributed by atoms with Crippen LogP contribution in [0.3, 0.4) is 0 Å². The number of hydrogen-bond acceptors (Lipinski definition) is 1. The molecule has 0 aromatic carbocycles. The van der Waals surface area contributed by atoms with Gasteiger partial charge in [-0.25, -0.2) is 4.98 Å². The summed E-state index contributed by atoms with van der Waals surface area (Å²) in [6.07, 6.45) is 2.04. The van der Waals surface area contributed by atoms with Gasteiger partial charge < -0.3 is 4.40 Å². The number of pyridine rings is 1. The monoisotopic (exact) mass is 238 g/mol. The van der Waals surface area contributed by atoms with Crippen LogP contribution in [0, 0.1) is 0 Å². The average molecular weight is 239 g/mol. The fourth-order valence-electron chi connectivity index (χ4n) is 1.50. The van der Waals surface area contributed by atoms with Gasteiger partial charge in [-0.15, -0.1) is 0 Å². The molecular formula is C10H11BrN2. The van der Waals surface area contributed by atoms with Crippen LogP contribution in [-0.2, 0) is 0 Å². The number of aromatic nitrogens is 2. The normalized spacial score (nSPS) is 11.4. The standard InChI is InChI=1S/C10H11BrN2/c1-7(2)9-10(11)12-8-5-3-4-6-13(8)9/h3-7H,1-2H3. The maximum Gasteiger partial charge on any atom is 0.138 e. The van der Waals surface area contributed by atoms with E-state index in [1.165, 1.54) is 5.69 Å². The number of imidazole rings is 1. The van der Waals surface area contributed by atoms with Gasteiger partial charge in [-0.3, -0.25) is 0 Å². The van der Waals surface area contributed by atoms with Crippen molar-refractivity contribution in [2.45, 2.75) is 19.8 Å². The van der Waals surface area contributed by atoms with Crippen molar-refractivity contribution in [3.63, 3.8) is 0 Å². The Balaban J connectivity index is 2.78. The number of nitrogens with zero attached hydrogens (tertiary/aromatic N) is 2. The van der Waals surface area contributed by atoms with Crippen LogP contribution < -0.4 is 0 Å². The van der Waals surface area contributed by atoms with Crippen molar-refractivity contribution in [1.29, 1.82) is 0 Å². The first-order valence-electron chi connectivity index (χ1n) is 4.32. The predicted molar refractivity (Wildman–Crippen MR) is 57.0 cm³/mol. The molecule has 2 aromatic rings. The smallest absolute Gasteiger partial charge is 0.138 e. The number of hydrogen-bond donors (Lipinski definition) is 0. The molecule has 0 aliphatic heterocycles. The zero-order valence-corrected chi connectivity index (χ0v) is 9.25. The fourth-order valence-corrected chi connectivity index (χ4v) is 2.33. The molecule has 0 unspecified atom stereocenters. The van der Waals surface area contributed by atoms with Crippen LogP contribution in [0.4, 0.5) is 0 Å². The molecule has 0 atom stereocenters. The molecule has 2 nitrogen and oxygen atoms in total. The lowest BCUT2D eigenvalue weighted by molar-refractivity contribution is 0.803. The Hall–Kier alpha value is -0.830. The van der Waals surface area contributed by atoms with Crippen LogP contribution >= 0.6 is 15.9 Å². The third-order valence-electron chi connectivity index (χ3n) is 2.07. The van der Waals surface area contributed by atoms with Gasteiger partial charge in [0, 0.05) is 6.20 Å². The molecule has 0 saturated carbocycles. The van der Waals surface area contributed by atoms with E-state index < -0.39 is 0 Å². The van der Waals surface area contributed by atoms with E-state index in [2.05, 4.69) is 39.2 Å². The van der Waals surface area contributed by atoms with Crippen LogP contribution in [0.15, 0.2) is 29.0 Å². The van der Waals surface area contributed by atoms with Crippen molar-refractivity contribution in [2.75, 3.05) is 0 Å². The van der Waals surface area contributed by atoms with Gasteiger partial charge in [0.05, 0.1) is 5.69 Å². The van der Waals surface area contributed by atoms with E-state index >= 15 is 0 Å². The summed E-state index contributed by atoms with van der Waals surface area (Å²) in [4.78, 5) is 4.41. The topological polar surface area (TPSA) is 17.3 Å². The number of halogens is 1. The molecule has 2 heterocycles. The van der Waals surface area contributed by atoms with E-state index in [4.69, 9.17) is 0 Å². The van der Waals surface area contributed by atoms with Crippen molar-refractivity contribution >= 4 is 21.6 Å². The van der Waals surface area contributed by atoms with Crippen LogP contribution in [0.1, 0.15) is 25.5 Å². The second kappa shape index (κ2) is 3.14. The lowest BCUT2D eigenvalue weighted by atomic mass is 10.1. The van der Waals surface area contributed by atoms with E-state index in [-0.39, 0.29) is 0 Å². The van der Waals surface area contributed by atoms with Gasteiger partial charge in [0.1, 0.15) is 10.3 Å². The van der Waals surface area contributed by atoms with Crippen molar-refractivity contribution in [3.05, 3.63) is 34.7 Å². The molecule has 0 N–H and O–H groups in total. The number of rotatable bonds is 1. The molecule has 0 spiro atoms. The van der Waals surface area contributed by atoms with E-state index in [1.54, 1.807) is 0 Å². The van der Waals surface area contributed by atoms with Gasteiger partial charge in [-0.1, -0.05) is 19.9 Å². The third-order valence-corrected chi connectivity index (χ3v) is 2.65. The Bertz CT molecular complexity index is 431. The molecule has 0 bridgehead atoms. The average Bonchev–Trinajstić information content (AvgIpc) is 2.39. The molecule has 0 radical (unpaired) electrons. The quantitative estimate of drug-likeness (QED) is 0.746. The second-order valence-corrected chi connectivity index (χ2v) is 4.12. The van der Waals surface area contributed by atoms with Crippen molar-refractivity contribution in [1.82, 2.24) is 9.38 Å². The van der Waals surface area contributed by atoms with Gasteiger partial charge in [0.2, 0.25) is 0 Å². The molecule has 0 fully saturated rings. The zero-order chi connectivity index (χ0) is 9.42. The minimum absolute atomic E-state index is 0.478. The Morgan fingerprint density at radius 2 is 2.15 bits per heavy atom. The summed E-state index contributed by atoms with van der Waals surface area (Å²) in [5.74, 6) is 0.478. The van der Waals surface area contributed by atoms with Crippen molar-refractivity contribution in [2.24, 2.45) is 0 Å². The van der Waals surface area contributed by atoms with E-state index in [9.17, 15) is 0 Å². The Morgan fingerprint density at radius 3 is 2.85 bits per heavy atom. The fraction of sp³-hybridized carbons (Fsp3) is 0.300. The molecule has 3 heteroatoms. The Labute approximate surface area is 85.7 Å². The largest absolute Gasteiger partial charge is 0.303 e. The molecule has 0 aliphatic rings. The van der Waals surface area contributed by atoms with Gasteiger partial charge in [0.25, 0.3) is 0 Å². The molecule has 2 aromatic heterocycles. The van der Waals surface area contributed by atoms with Crippen LogP contribution in [0.25, 0.3) is 5.65 Å². The van der Waals surface area contributed by atoms with Gasteiger partial charge in [0.15, 0.2) is 0 Å².